The number of hydrogen-bond acceptors (Lipinski definition) is 8. The number of nitrogens with zero attached hydrogens (tertiary/aromatic N) is 9. The van der Waals surface area contributed by atoms with E-state index in [1.54, 1.807) is 4.52 Å². The van der Waals surface area contributed by atoms with Crippen LogP contribution in [0.2, 0.25) is 0 Å². The molecule has 6 heterocycles. The van der Waals surface area contributed by atoms with Crippen LogP contribution in [-0.2, 0) is 0 Å². The average Bonchev–Trinajstić information content (AvgIpc) is 3.64. The first kappa shape index (κ1) is 28.3. The monoisotopic (exact) mass is 625 g/mol. The topological polar surface area (TPSA) is 87.3 Å². The van der Waals surface area contributed by atoms with Gasteiger partial charge < -0.3 is 24.5 Å². The molecule has 0 N–H and O–H groups in total. The molecule has 2 amide bonds. The second-order valence-electron chi connectivity index (χ2n) is 13.3. The van der Waals surface area contributed by atoms with Crippen molar-refractivity contribution in [2.24, 2.45) is 5.41 Å². The number of benzene rings is 1. The van der Waals surface area contributed by atoms with Crippen molar-refractivity contribution in [2.45, 2.75) is 25.7 Å². The van der Waals surface area contributed by atoms with E-state index in [0.717, 1.165) is 93.2 Å². The Hall–Kier alpha value is -4.21. The third-order valence-corrected chi connectivity index (χ3v) is 10.9. The second-order valence-corrected chi connectivity index (χ2v) is 14.3. The van der Waals surface area contributed by atoms with E-state index in [9.17, 15) is 10.1 Å². The molecule has 1 saturated carbocycles. The molecule has 1 aliphatic carbocycles. The van der Waals surface area contributed by atoms with E-state index < -0.39 is 0 Å². The molecule has 3 aromatic heterocycles. The van der Waals surface area contributed by atoms with Crippen LogP contribution >= 0.6 is 11.3 Å². The molecule has 4 aliphatic rings. The van der Waals surface area contributed by atoms with Crippen molar-refractivity contribution in [3.8, 4) is 17.3 Å². The van der Waals surface area contributed by atoms with Gasteiger partial charge in [0.05, 0.1) is 28.8 Å². The van der Waals surface area contributed by atoms with Crippen LogP contribution in [0.4, 0.5) is 25.7 Å². The fourth-order valence-electron chi connectivity index (χ4n) is 7.04. The molecule has 0 radical (unpaired) electrons. The lowest BCUT2D eigenvalue weighted by Gasteiger charge is -2.61. The number of thiazole rings is 1. The Morgan fingerprint density at radius 3 is 2.47 bits per heavy atom. The molecule has 4 fully saturated rings. The Kier molecular flexibility index (Phi) is 6.55. The first-order valence-corrected chi connectivity index (χ1v) is 16.4. The van der Waals surface area contributed by atoms with Gasteiger partial charge in [0.25, 0.3) is 0 Å². The summed E-state index contributed by atoms with van der Waals surface area (Å²) in [4.78, 5) is 28.8. The lowest BCUT2D eigenvalue weighted by Crippen LogP contribution is -2.74. The zero-order chi connectivity index (χ0) is 31.0. The van der Waals surface area contributed by atoms with Gasteiger partial charge in [0, 0.05) is 76.3 Å². The van der Waals surface area contributed by atoms with E-state index in [2.05, 4.69) is 22.9 Å². The summed E-state index contributed by atoms with van der Waals surface area (Å²) in [5.74, 6) is 0.0238. The molecular weight excluding hydrogens is 589 g/mol. The van der Waals surface area contributed by atoms with Crippen LogP contribution in [0.1, 0.15) is 34.9 Å². The Bertz CT molecular complexity index is 1830. The molecule has 0 unspecified atom stereocenters. The minimum absolute atomic E-state index is 0.0286. The minimum atomic E-state index is -0.302. The molecule has 232 valence electrons. The van der Waals surface area contributed by atoms with Gasteiger partial charge in [0.1, 0.15) is 16.6 Å². The number of aromatic nitrogens is 3. The maximum atomic E-state index is 15.6. The number of piperazine rings is 1. The zero-order valence-corrected chi connectivity index (χ0v) is 26.6. The summed E-state index contributed by atoms with van der Waals surface area (Å²) in [6, 6.07) is 12.4. The number of hydrogen-bond donors (Lipinski definition) is 0. The van der Waals surface area contributed by atoms with Crippen molar-refractivity contribution in [2.75, 3.05) is 76.3 Å². The highest BCUT2D eigenvalue weighted by Crippen LogP contribution is 2.49. The van der Waals surface area contributed by atoms with Crippen LogP contribution in [-0.4, -0.2) is 102 Å². The van der Waals surface area contributed by atoms with Gasteiger partial charge in [-0.15, -0.1) is 0 Å². The molecule has 4 aromatic rings. The molecule has 3 saturated heterocycles. The predicted octanol–water partition coefficient (Wildman–Crippen LogP) is 4.91. The second kappa shape index (κ2) is 10.4. The minimum Gasteiger partial charge on any atom is -0.368 e. The smallest absolute Gasteiger partial charge is 0.320 e. The first-order chi connectivity index (χ1) is 21.7. The highest BCUT2D eigenvalue weighted by Gasteiger charge is 2.54. The Morgan fingerprint density at radius 1 is 1.09 bits per heavy atom. The van der Waals surface area contributed by atoms with E-state index in [1.807, 2.05) is 59.0 Å². The third kappa shape index (κ3) is 4.80. The lowest BCUT2D eigenvalue weighted by molar-refractivity contribution is -0.00782. The summed E-state index contributed by atoms with van der Waals surface area (Å²) in [5.41, 5.74) is 6.00. The van der Waals surface area contributed by atoms with Crippen LogP contribution in [0.15, 0.2) is 36.5 Å². The Morgan fingerprint density at radius 2 is 1.80 bits per heavy atom. The van der Waals surface area contributed by atoms with Gasteiger partial charge in [-0.1, -0.05) is 41.2 Å². The van der Waals surface area contributed by atoms with Crippen LogP contribution in [0, 0.1) is 29.5 Å². The molecule has 45 heavy (non-hydrogen) atoms. The standard InChI is InChI=1S/C33H36FN9OS/c1-21-4-6-22(7-5-21)28-27(15-35)45-31(36-28)39(3)30-26-14-25(24(34)16-43(26)37-29(30)23-8-9-23)41-17-33(18-41)19-42(20-33)32(44)40-12-10-38(2)11-13-40/h4-7,14,16,23H,8-13,17-20H2,1-3H3. The Labute approximate surface area is 265 Å². The largest absolute Gasteiger partial charge is 0.368 e. The van der Waals surface area contributed by atoms with Crippen molar-refractivity contribution in [1.82, 2.24) is 29.3 Å². The summed E-state index contributed by atoms with van der Waals surface area (Å²) in [6.45, 7) is 8.28. The number of halogens is 1. The van der Waals surface area contributed by atoms with Crippen LogP contribution in [0.5, 0.6) is 0 Å². The maximum absolute atomic E-state index is 15.6. The van der Waals surface area contributed by atoms with Gasteiger partial charge in [-0.3, -0.25) is 0 Å². The van der Waals surface area contributed by atoms with Crippen LogP contribution in [0.25, 0.3) is 16.8 Å². The molecule has 1 spiro atoms. The van der Waals surface area contributed by atoms with Crippen LogP contribution in [0.3, 0.4) is 0 Å². The van der Waals surface area contributed by atoms with Crippen molar-refractivity contribution < 1.29 is 9.18 Å². The van der Waals surface area contributed by atoms with E-state index in [4.69, 9.17) is 10.1 Å². The van der Waals surface area contributed by atoms with Crippen molar-refractivity contribution in [1.29, 1.82) is 5.26 Å². The molecule has 3 aliphatic heterocycles. The molecule has 0 atom stereocenters. The number of likely N-dealkylation sites (tertiary alicyclic amines) is 1. The maximum Gasteiger partial charge on any atom is 0.320 e. The normalized spacial score (nSPS) is 19.5. The van der Waals surface area contributed by atoms with Gasteiger partial charge in [0.2, 0.25) is 0 Å². The molecule has 8 rings (SSSR count). The SMILES string of the molecule is Cc1ccc(-c2nc(N(C)c3c(C4CC4)nn4cc(F)c(N5CC6(CN(C(=O)N7CCN(C)CC7)C6)C5)cc34)sc2C#N)cc1. The quantitative estimate of drug-likeness (QED) is 0.312. The summed E-state index contributed by atoms with van der Waals surface area (Å²) < 4.78 is 17.3. The molecule has 0 bridgehead atoms. The number of rotatable bonds is 5. The molecule has 12 heteroatoms. The number of carbonyl (C=O) groups excluding carboxylic acids is 1. The van der Waals surface area contributed by atoms with Gasteiger partial charge >= 0.3 is 6.03 Å². The van der Waals surface area contributed by atoms with Crippen molar-refractivity contribution in [3.05, 3.63) is 58.5 Å². The predicted molar refractivity (Wildman–Crippen MR) is 173 cm³/mol. The Balaban J connectivity index is 1.05. The number of fused-ring (bicyclic) bond motifs is 1. The fourth-order valence-corrected chi connectivity index (χ4v) is 7.89. The van der Waals surface area contributed by atoms with Crippen LogP contribution < -0.4 is 9.80 Å². The molecule has 1 aromatic carbocycles. The van der Waals surface area contributed by atoms with Gasteiger partial charge in [-0.05, 0) is 32.9 Å². The average molecular weight is 626 g/mol. The lowest BCUT2D eigenvalue weighted by atomic mass is 9.72. The number of amides is 2. The summed E-state index contributed by atoms with van der Waals surface area (Å²) in [7, 11) is 4.05. The highest BCUT2D eigenvalue weighted by atomic mass is 32.1. The first-order valence-electron chi connectivity index (χ1n) is 15.6. The van der Waals surface area contributed by atoms with E-state index in [1.165, 1.54) is 17.5 Å². The molecular formula is C33H36FN9OS. The summed E-state index contributed by atoms with van der Waals surface area (Å²) >= 11 is 1.36. The molecule has 10 nitrogen and oxygen atoms in total. The summed E-state index contributed by atoms with van der Waals surface area (Å²) in [6.07, 6.45) is 3.59. The zero-order valence-electron chi connectivity index (χ0n) is 25.8. The highest BCUT2D eigenvalue weighted by molar-refractivity contribution is 7.16. The number of likely N-dealkylation sites (N-methyl/N-ethyl adjacent to an activating group) is 1. The number of aryl methyl sites for hydroxylation is 1. The third-order valence-electron chi connectivity index (χ3n) is 9.82. The number of carbonyl (C=O) groups is 1. The van der Waals surface area contributed by atoms with Gasteiger partial charge in [-0.25, -0.2) is 18.7 Å². The van der Waals surface area contributed by atoms with Gasteiger partial charge in [0.15, 0.2) is 10.9 Å². The van der Waals surface area contributed by atoms with E-state index in [0.29, 0.717) is 27.3 Å². The van der Waals surface area contributed by atoms with E-state index in [-0.39, 0.29) is 17.3 Å². The number of urea groups is 1. The number of pyridine rings is 1. The van der Waals surface area contributed by atoms with Crippen molar-refractivity contribution in [3.63, 3.8) is 0 Å². The summed E-state index contributed by atoms with van der Waals surface area (Å²) in [5, 5.41) is 15.5. The van der Waals surface area contributed by atoms with Gasteiger partial charge in [-0.2, -0.15) is 10.4 Å². The number of anilines is 3. The number of nitriles is 1. The fraction of sp³-hybridized carbons (Fsp3) is 0.455. The van der Waals surface area contributed by atoms with E-state index >= 15 is 4.39 Å². The van der Waals surface area contributed by atoms with Crippen molar-refractivity contribution >= 4 is 39.4 Å².